The smallest absolute Gasteiger partial charge is 0.314 e. The van der Waals surface area contributed by atoms with Gasteiger partial charge < -0.3 is 15.0 Å². The molecular weight excluding hydrogens is 360 g/mol. The highest BCUT2D eigenvalue weighted by atomic mass is 35.5. The van der Waals surface area contributed by atoms with Crippen molar-refractivity contribution in [2.75, 3.05) is 33.8 Å². The number of hydrogen-bond donors (Lipinski definition) is 1. The van der Waals surface area contributed by atoms with Gasteiger partial charge in [0, 0.05) is 25.5 Å². The molecule has 138 valence electrons. The molecule has 0 aromatic heterocycles. The van der Waals surface area contributed by atoms with E-state index in [1.165, 1.54) is 4.90 Å². The highest BCUT2D eigenvalue weighted by Gasteiger charge is 2.29. The van der Waals surface area contributed by atoms with Crippen LogP contribution in [0, 0.1) is 0 Å². The van der Waals surface area contributed by atoms with E-state index in [0.717, 1.165) is 53.6 Å². The molecule has 1 amide bonds. The van der Waals surface area contributed by atoms with Crippen LogP contribution in [0.3, 0.4) is 0 Å². The van der Waals surface area contributed by atoms with E-state index in [-0.39, 0.29) is 17.1 Å². The minimum absolute atomic E-state index is 0.0884. The molecule has 0 saturated heterocycles. The number of hydrogen-bond acceptors (Lipinski definition) is 5. The molecule has 5 nitrogen and oxygen atoms in total. The summed E-state index contributed by atoms with van der Waals surface area (Å²) in [6.07, 6.45) is 2.56. The van der Waals surface area contributed by atoms with Crippen LogP contribution in [0.15, 0.2) is 17.0 Å². The number of carbonyl (C=O) groups is 2. The van der Waals surface area contributed by atoms with Crippen LogP contribution in [0.2, 0.25) is 5.02 Å². The van der Waals surface area contributed by atoms with Gasteiger partial charge in [-0.1, -0.05) is 31.0 Å². The fraction of sp³-hybridized carbons (Fsp3) is 0.556. The van der Waals surface area contributed by atoms with Gasteiger partial charge in [0.2, 0.25) is 0 Å². The molecule has 1 N–H and O–H groups in total. The Labute approximate surface area is 158 Å². The van der Waals surface area contributed by atoms with Gasteiger partial charge in [0.25, 0.3) is 5.24 Å². The van der Waals surface area contributed by atoms with E-state index in [4.69, 9.17) is 16.3 Å². The van der Waals surface area contributed by atoms with Crippen LogP contribution in [-0.4, -0.2) is 49.9 Å². The number of benzene rings is 1. The summed E-state index contributed by atoms with van der Waals surface area (Å²) in [5.41, 5.74) is 1.88. The van der Waals surface area contributed by atoms with E-state index in [1.54, 1.807) is 20.2 Å². The number of rotatable bonds is 5. The first kappa shape index (κ1) is 20.1. The Hall–Kier alpha value is -1.24. The molecule has 0 saturated carbocycles. The summed E-state index contributed by atoms with van der Waals surface area (Å²) in [6.45, 7) is 3.76. The predicted molar refractivity (Wildman–Crippen MR) is 102 cm³/mol. The monoisotopic (exact) mass is 384 g/mol. The van der Waals surface area contributed by atoms with Crippen molar-refractivity contribution >= 4 is 34.6 Å². The second kappa shape index (κ2) is 9.46. The van der Waals surface area contributed by atoms with Crippen LogP contribution < -0.4 is 5.32 Å². The molecular formula is C18H25ClN2O3S. The van der Waals surface area contributed by atoms with Crippen molar-refractivity contribution in [2.45, 2.75) is 37.0 Å². The Kier molecular flexibility index (Phi) is 7.59. The zero-order chi connectivity index (χ0) is 18.4. The number of nitrogens with one attached hydrogen (secondary N) is 1. The van der Waals surface area contributed by atoms with Crippen LogP contribution in [0.1, 0.15) is 36.8 Å². The van der Waals surface area contributed by atoms with Crippen molar-refractivity contribution in [3.8, 4) is 0 Å². The van der Waals surface area contributed by atoms with E-state index >= 15 is 0 Å². The molecule has 1 aromatic carbocycles. The molecule has 0 radical (unpaired) electrons. The largest absolute Gasteiger partial charge is 0.465 e. The second-order valence-electron chi connectivity index (χ2n) is 6.23. The summed E-state index contributed by atoms with van der Waals surface area (Å²) >= 11 is 7.48. The first-order valence-electron chi connectivity index (χ1n) is 8.53. The average molecular weight is 385 g/mol. The summed E-state index contributed by atoms with van der Waals surface area (Å²) in [7, 11) is 3.42. The molecule has 1 unspecified atom stereocenters. The number of halogens is 1. The van der Waals surface area contributed by atoms with E-state index in [1.807, 2.05) is 6.07 Å². The lowest BCUT2D eigenvalue weighted by Gasteiger charge is -2.19. The normalized spacial score (nSPS) is 16.7. The maximum atomic E-state index is 12.5. The van der Waals surface area contributed by atoms with Crippen molar-refractivity contribution in [3.63, 3.8) is 0 Å². The summed E-state index contributed by atoms with van der Waals surface area (Å²) in [5.74, 6) is -0.596. The Bertz CT molecular complexity index is 637. The SMILES string of the molecule is CCCCOC(=O)C1CNCCc2c1ccc(Cl)c2SC(=O)N(C)C. The maximum Gasteiger partial charge on any atom is 0.314 e. The van der Waals surface area contributed by atoms with Gasteiger partial charge in [0.15, 0.2) is 0 Å². The number of amides is 1. The summed E-state index contributed by atoms with van der Waals surface area (Å²) in [4.78, 5) is 27.0. The lowest BCUT2D eigenvalue weighted by molar-refractivity contribution is -0.145. The maximum absolute atomic E-state index is 12.5. The highest BCUT2D eigenvalue weighted by molar-refractivity contribution is 8.13. The Morgan fingerprint density at radius 1 is 1.40 bits per heavy atom. The van der Waals surface area contributed by atoms with Crippen molar-refractivity contribution in [2.24, 2.45) is 0 Å². The molecule has 7 heteroatoms. The van der Waals surface area contributed by atoms with Gasteiger partial charge in [-0.2, -0.15) is 0 Å². The first-order chi connectivity index (χ1) is 12.0. The molecule has 25 heavy (non-hydrogen) atoms. The van der Waals surface area contributed by atoms with Crippen molar-refractivity contribution in [1.82, 2.24) is 10.2 Å². The van der Waals surface area contributed by atoms with Gasteiger partial charge in [-0.05, 0) is 48.3 Å². The van der Waals surface area contributed by atoms with Gasteiger partial charge in [0.1, 0.15) is 0 Å². The molecule has 2 rings (SSSR count). The number of nitrogens with zero attached hydrogens (tertiary/aromatic N) is 1. The Morgan fingerprint density at radius 3 is 2.84 bits per heavy atom. The topological polar surface area (TPSA) is 58.6 Å². The number of unbranched alkanes of at least 4 members (excludes halogenated alkanes) is 1. The Balaban J connectivity index is 2.33. The van der Waals surface area contributed by atoms with E-state index in [2.05, 4.69) is 12.2 Å². The molecule has 1 aliphatic rings. The summed E-state index contributed by atoms with van der Waals surface area (Å²) in [6, 6.07) is 3.66. The molecule has 0 aliphatic carbocycles. The molecule has 1 aliphatic heterocycles. The lowest BCUT2D eigenvalue weighted by Crippen LogP contribution is -2.27. The van der Waals surface area contributed by atoms with Crippen molar-refractivity contribution in [3.05, 3.63) is 28.3 Å². The number of ether oxygens (including phenoxy) is 1. The van der Waals surface area contributed by atoms with E-state index in [9.17, 15) is 9.59 Å². The predicted octanol–water partition coefficient (Wildman–Crippen LogP) is 3.69. The molecule has 1 atom stereocenters. The quantitative estimate of drug-likeness (QED) is 0.476. The van der Waals surface area contributed by atoms with Crippen LogP contribution >= 0.6 is 23.4 Å². The van der Waals surface area contributed by atoms with Crippen molar-refractivity contribution < 1.29 is 14.3 Å². The van der Waals surface area contributed by atoms with Gasteiger partial charge in [-0.15, -0.1) is 0 Å². The third kappa shape index (κ3) is 5.12. The molecule has 0 bridgehead atoms. The molecule has 1 aromatic rings. The van der Waals surface area contributed by atoms with E-state index < -0.39 is 0 Å². The summed E-state index contributed by atoms with van der Waals surface area (Å²) < 4.78 is 5.43. The van der Waals surface area contributed by atoms with Crippen LogP contribution in [0.25, 0.3) is 0 Å². The zero-order valence-electron chi connectivity index (χ0n) is 14.9. The van der Waals surface area contributed by atoms with Gasteiger partial charge in [-0.25, -0.2) is 0 Å². The molecule has 1 heterocycles. The fourth-order valence-electron chi connectivity index (χ4n) is 2.69. The second-order valence-corrected chi connectivity index (χ2v) is 7.60. The number of carbonyl (C=O) groups excluding carboxylic acids is 2. The van der Waals surface area contributed by atoms with Crippen LogP contribution in [0.4, 0.5) is 4.79 Å². The lowest BCUT2D eigenvalue weighted by atomic mass is 9.94. The highest BCUT2D eigenvalue weighted by Crippen LogP contribution is 2.38. The average Bonchev–Trinajstić information content (AvgIpc) is 2.79. The van der Waals surface area contributed by atoms with Crippen LogP contribution in [0.5, 0.6) is 0 Å². The summed E-state index contributed by atoms with van der Waals surface area (Å²) in [5, 5.41) is 3.74. The first-order valence-corrected chi connectivity index (χ1v) is 9.72. The minimum atomic E-state index is -0.375. The number of esters is 1. The molecule has 0 fully saturated rings. The zero-order valence-corrected chi connectivity index (χ0v) is 16.5. The third-order valence-electron chi connectivity index (χ3n) is 4.11. The third-order valence-corrected chi connectivity index (χ3v) is 5.74. The van der Waals surface area contributed by atoms with Gasteiger partial charge >= 0.3 is 5.97 Å². The van der Waals surface area contributed by atoms with Gasteiger partial charge in [0.05, 0.1) is 17.5 Å². The number of fused-ring (bicyclic) bond motifs is 1. The standard InChI is InChI=1S/C18H25ClN2O3S/c1-4-5-10-24-17(22)14-11-20-9-8-13-12(14)6-7-15(19)16(13)25-18(23)21(2)3/h6-7,14,20H,4-5,8-11H2,1-3H3. The molecule has 0 spiro atoms. The fourth-order valence-corrected chi connectivity index (χ4v) is 3.84. The minimum Gasteiger partial charge on any atom is -0.465 e. The van der Waals surface area contributed by atoms with Gasteiger partial charge in [-0.3, -0.25) is 9.59 Å². The number of thioether (sulfide) groups is 1. The van der Waals surface area contributed by atoms with Crippen LogP contribution in [-0.2, 0) is 16.0 Å². The van der Waals surface area contributed by atoms with Crippen molar-refractivity contribution in [1.29, 1.82) is 0 Å². The Morgan fingerprint density at radius 2 is 2.16 bits per heavy atom. The van der Waals surface area contributed by atoms with E-state index in [0.29, 0.717) is 18.2 Å².